The van der Waals surface area contributed by atoms with Crippen LogP contribution in [-0.4, -0.2) is 17.0 Å². The van der Waals surface area contributed by atoms with Gasteiger partial charge in [0.25, 0.3) is 0 Å². The Kier molecular flexibility index (Phi) is 1.40. The summed E-state index contributed by atoms with van der Waals surface area (Å²) in [6.07, 6.45) is 0.906. The van der Waals surface area contributed by atoms with Crippen LogP contribution in [0.5, 0.6) is 0 Å². The van der Waals surface area contributed by atoms with E-state index in [2.05, 4.69) is 0 Å². The number of carbonyl (C=O) groups excluding carboxylic acids is 1. The van der Waals surface area contributed by atoms with Crippen molar-refractivity contribution >= 4 is 5.78 Å². The molecule has 0 unspecified atom stereocenters. The lowest BCUT2D eigenvalue weighted by molar-refractivity contribution is -0.121. The van der Waals surface area contributed by atoms with E-state index in [1.807, 2.05) is 20.8 Å². The maximum absolute atomic E-state index is 11.0. The summed E-state index contributed by atoms with van der Waals surface area (Å²) in [5.41, 5.74) is -0.666. The van der Waals surface area contributed by atoms with Crippen molar-refractivity contribution in [1.29, 1.82) is 0 Å². The second kappa shape index (κ2) is 1.82. The molecular weight excluding hydrogens is 128 g/mol. The molecule has 1 aliphatic heterocycles. The number of hydrogen-bond donors (Lipinski definition) is 0. The largest absolute Gasteiger partial charge is 0.355 e. The molecule has 1 heterocycles. The summed E-state index contributed by atoms with van der Waals surface area (Å²) in [6.45, 7) is 7.46. The molecule has 2 atom stereocenters. The molecule has 58 valence electrons. The zero-order valence-corrected chi connectivity index (χ0v) is 7.02. The van der Waals surface area contributed by atoms with Crippen LogP contribution < -0.4 is 0 Å². The minimum atomic E-state index is -0.484. The van der Waals surface area contributed by atoms with Crippen LogP contribution in [0.3, 0.4) is 0 Å². The van der Waals surface area contributed by atoms with E-state index in [4.69, 9.17) is 4.74 Å². The molecule has 0 aliphatic carbocycles. The van der Waals surface area contributed by atoms with Gasteiger partial charge in [0.1, 0.15) is 5.60 Å². The molecule has 1 saturated heterocycles. The summed E-state index contributed by atoms with van der Waals surface area (Å²) < 4.78 is 5.35. The standard InChI is InChI=1S/C8H14O2/c1-5-7(3)8(4,10-7)6(2)9/h5H2,1-4H3/t7-,8-/m0/s1. The van der Waals surface area contributed by atoms with Crippen LogP contribution in [0.25, 0.3) is 0 Å². The molecule has 0 spiro atoms. The van der Waals surface area contributed by atoms with Gasteiger partial charge in [0, 0.05) is 0 Å². The van der Waals surface area contributed by atoms with Crippen molar-refractivity contribution in [2.75, 3.05) is 0 Å². The summed E-state index contributed by atoms with van der Waals surface area (Å²) in [5.74, 6) is 0.136. The van der Waals surface area contributed by atoms with Crippen molar-refractivity contribution in [3.8, 4) is 0 Å². The topological polar surface area (TPSA) is 29.6 Å². The van der Waals surface area contributed by atoms with Gasteiger partial charge in [-0.1, -0.05) is 6.92 Å². The molecule has 2 heteroatoms. The van der Waals surface area contributed by atoms with Crippen LogP contribution in [0, 0.1) is 0 Å². The quantitative estimate of drug-likeness (QED) is 0.547. The van der Waals surface area contributed by atoms with Gasteiger partial charge in [-0.05, 0) is 27.2 Å². The van der Waals surface area contributed by atoms with Crippen LogP contribution in [-0.2, 0) is 9.53 Å². The second-order valence-electron chi connectivity index (χ2n) is 3.28. The first kappa shape index (κ1) is 7.73. The molecule has 1 rings (SSSR count). The average Bonchev–Trinajstić information content (AvgIpc) is 2.39. The SMILES string of the molecule is CC[C@]1(C)O[C@@]1(C)C(C)=O. The van der Waals surface area contributed by atoms with E-state index >= 15 is 0 Å². The highest BCUT2D eigenvalue weighted by atomic mass is 16.6. The molecule has 2 nitrogen and oxygen atoms in total. The summed E-state index contributed by atoms with van der Waals surface area (Å²) >= 11 is 0. The van der Waals surface area contributed by atoms with Crippen molar-refractivity contribution < 1.29 is 9.53 Å². The fourth-order valence-corrected chi connectivity index (χ4v) is 1.28. The highest BCUT2D eigenvalue weighted by Gasteiger charge is 2.65. The highest BCUT2D eigenvalue weighted by Crippen LogP contribution is 2.50. The second-order valence-corrected chi connectivity index (χ2v) is 3.28. The monoisotopic (exact) mass is 142 g/mol. The predicted octanol–water partition coefficient (Wildman–Crippen LogP) is 1.53. The molecule has 0 aromatic rings. The number of ketones is 1. The van der Waals surface area contributed by atoms with Gasteiger partial charge >= 0.3 is 0 Å². The van der Waals surface area contributed by atoms with E-state index in [0.717, 1.165) is 6.42 Å². The molecule has 1 fully saturated rings. The minimum Gasteiger partial charge on any atom is -0.355 e. The number of ether oxygens (including phenoxy) is 1. The Bertz CT molecular complexity index is 176. The molecule has 0 saturated carbocycles. The van der Waals surface area contributed by atoms with Crippen LogP contribution in [0.15, 0.2) is 0 Å². The minimum absolute atomic E-state index is 0.136. The maximum Gasteiger partial charge on any atom is 0.164 e. The Morgan fingerprint density at radius 2 is 2.00 bits per heavy atom. The fraction of sp³-hybridized carbons (Fsp3) is 0.875. The number of rotatable bonds is 2. The van der Waals surface area contributed by atoms with Gasteiger partial charge in [-0.3, -0.25) is 4.79 Å². The summed E-state index contributed by atoms with van der Waals surface area (Å²) in [4.78, 5) is 11.0. The lowest BCUT2D eigenvalue weighted by Gasteiger charge is -2.05. The van der Waals surface area contributed by atoms with Crippen molar-refractivity contribution in [3.05, 3.63) is 0 Å². The van der Waals surface area contributed by atoms with Crippen molar-refractivity contribution in [1.82, 2.24) is 0 Å². The van der Waals surface area contributed by atoms with E-state index in [-0.39, 0.29) is 11.4 Å². The van der Waals surface area contributed by atoms with E-state index < -0.39 is 5.60 Å². The van der Waals surface area contributed by atoms with E-state index in [0.29, 0.717) is 0 Å². The van der Waals surface area contributed by atoms with Crippen molar-refractivity contribution in [2.45, 2.75) is 45.3 Å². The van der Waals surface area contributed by atoms with E-state index in [1.165, 1.54) is 0 Å². The molecule has 0 bridgehead atoms. The summed E-state index contributed by atoms with van der Waals surface area (Å²) in [7, 11) is 0. The van der Waals surface area contributed by atoms with Gasteiger partial charge in [-0.2, -0.15) is 0 Å². The van der Waals surface area contributed by atoms with Gasteiger partial charge in [0.2, 0.25) is 0 Å². The fourth-order valence-electron chi connectivity index (χ4n) is 1.28. The number of carbonyl (C=O) groups is 1. The first-order chi connectivity index (χ1) is 4.46. The van der Waals surface area contributed by atoms with Crippen LogP contribution in [0.1, 0.15) is 34.1 Å². The van der Waals surface area contributed by atoms with Gasteiger partial charge < -0.3 is 4.74 Å². The first-order valence-electron chi connectivity index (χ1n) is 3.67. The Balaban J connectivity index is 2.72. The van der Waals surface area contributed by atoms with Gasteiger partial charge in [0.15, 0.2) is 11.4 Å². The molecule has 0 aromatic carbocycles. The van der Waals surface area contributed by atoms with E-state index in [1.54, 1.807) is 6.92 Å². The molecule has 0 radical (unpaired) electrons. The summed E-state index contributed by atoms with van der Waals surface area (Å²) in [6, 6.07) is 0. The smallest absolute Gasteiger partial charge is 0.164 e. The third-order valence-corrected chi connectivity index (χ3v) is 2.74. The number of Topliss-reactive ketones (excluding diaryl/α,β-unsaturated/α-hetero) is 1. The molecule has 1 aliphatic rings. The normalized spacial score (nSPS) is 45.2. The molecule has 10 heavy (non-hydrogen) atoms. The third-order valence-electron chi connectivity index (χ3n) is 2.74. The number of epoxide rings is 1. The third kappa shape index (κ3) is 0.717. The van der Waals surface area contributed by atoms with Crippen molar-refractivity contribution in [2.24, 2.45) is 0 Å². The van der Waals surface area contributed by atoms with Gasteiger partial charge in [-0.15, -0.1) is 0 Å². The predicted molar refractivity (Wildman–Crippen MR) is 38.9 cm³/mol. The average molecular weight is 142 g/mol. The molecule has 0 amide bonds. The van der Waals surface area contributed by atoms with Crippen molar-refractivity contribution in [3.63, 3.8) is 0 Å². The summed E-state index contributed by atoms with van der Waals surface area (Å²) in [5, 5.41) is 0. The Hall–Kier alpha value is -0.370. The Morgan fingerprint density at radius 1 is 1.50 bits per heavy atom. The van der Waals surface area contributed by atoms with Gasteiger partial charge in [-0.25, -0.2) is 0 Å². The number of hydrogen-bond acceptors (Lipinski definition) is 2. The zero-order valence-electron chi connectivity index (χ0n) is 7.02. The lowest BCUT2D eigenvalue weighted by atomic mass is 9.91. The lowest BCUT2D eigenvalue weighted by Crippen LogP contribution is -2.26. The Morgan fingerprint density at radius 3 is 2.10 bits per heavy atom. The van der Waals surface area contributed by atoms with Crippen LogP contribution in [0.4, 0.5) is 0 Å². The highest BCUT2D eigenvalue weighted by molar-refractivity contribution is 5.89. The molecule has 0 N–H and O–H groups in total. The maximum atomic E-state index is 11.0. The first-order valence-corrected chi connectivity index (χ1v) is 3.67. The van der Waals surface area contributed by atoms with Crippen LogP contribution >= 0.6 is 0 Å². The van der Waals surface area contributed by atoms with E-state index in [9.17, 15) is 4.79 Å². The van der Waals surface area contributed by atoms with Crippen LogP contribution in [0.2, 0.25) is 0 Å². The Labute approximate surface area is 61.6 Å². The molecule has 0 aromatic heterocycles. The zero-order chi connectivity index (χ0) is 7.99. The molecular formula is C8H14O2. The van der Waals surface area contributed by atoms with Gasteiger partial charge in [0.05, 0.1) is 0 Å².